The lowest BCUT2D eigenvalue weighted by Gasteiger charge is -2.30. The second-order valence-electron chi connectivity index (χ2n) is 6.01. The molecule has 1 aromatic carbocycles. The van der Waals surface area contributed by atoms with Crippen molar-refractivity contribution in [2.24, 2.45) is 11.8 Å². The minimum Gasteiger partial charge on any atom is -0.481 e. The van der Waals surface area contributed by atoms with Crippen molar-refractivity contribution >= 4 is 5.97 Å². The molecule has 0 aromatic heterocycles. The summed E-state index contributed by atoms with van der Waals surface area (Å²) in [5.74, 6) is 0.229. The Balaban J connectivity index is 1.76. The molecule has 0 bridgehead atoms. The van der Waals surface area contributed by atoms with Gasteiger partial charge in [0.2, 0.25) is 0 Å². The zero-order valence-corrected chi connectivity index (χ0v) is 12.4. The van der Waals surface area contributed by atoms with E-state index < -0.39 is 5.97 Å². The second-order valence-corrected chi connectivity index (χ2v) is 6.01. The number of hydrogen-bond donors (Lipinski definition) is 3. The summed E-state index contributed by atoms with van der Waals surface area (Å²) in [6, 6.07) is 7.72. The zero-order valence-electron chi connectivity index (χ0n) is 12.4. The highest BCUT2D eigenvalue weighted by Crippen LogP contribution is 2.29. The van der Waals surface area contributed by atoms with Gasteiger partial charge >= 0.3 is 5.97 Å². The molecule has 2 rings (SSSR count). The largest absolute Gasteiger partial charge is 0.481 e. The van der Waals surface area contributed by atoms with Crippen molar-refractivity contribution in [1.82, 2.24) is 5.32 Å². The smallest absolute Gasteiger partial charge is 0.307 e. The maximum absolute atomic E-state index is 10.6. The standard InChI is InChI=1S/C17H25NO3/c19-12-16-4-2-1-3-15(16)11-18-10-14-7-5-13(6-8-14)9-17(20)21/h5-8,15-16,18-19H,1-4,9-12H2,(H,20,21). The van der Waals surface area contributed by atoms with Gasteiger partial charge in [-0.3, -0.25) is 4.79 Å². The van der Waals surface area contributed by atoms with Crippen LogP contribution in [0.2, 0.25) is 0 Å². The molecule has 0 heterocycles. The third kappa shape index (κ3) is 5.14. The number of rotatable bonds is 7. The molecule has 0 spiro atoms. The van der Waals surface area contributed by atoms with E-state index in [1.165, 1.54) is 24.8 Å². The Morgan fingerprint density at radius 1 is 1.10 bits per heavy atom. The van der Waals surface area contributed by atoms with Crippen LogP contribution < -0.4 is 5.32 Å². The second kappa shape index (κ2) is 8.15. The van der Waals surface area contributed by atoms with Gasteiger partial charge in [0, 0.05) is 13.2 Å². The van der Waals surface area contributed by atoms with E-state index in [0.717, 1.165) is 25.1 Å². The van der Waals surface area contributed by atoms with Gasteiger partial charge in [-0.25, -0.2) is 0 Å². The molecule has 21 heavy (non-hydrogen) atoms. The number of carbonyl (C=O) groups is 1. The number of hydrogen-bond acceptors (Lipinski definition) is 3. The van der Waals surface area contributed by atoms with Crippen molar-refractivity contribution < 1.29 is 15.0 Å². The molecule has 1 aliphatic rings. The Morgan fingerprint density at radius 2 is 1.71 bits per heavy atom. The number of aliphatic carboxylic acids is 1. The van der Waals surface area contributed by atoms with Crippen molar-refractivity contribution in [2.75, 3.05) is 13.2 Å². The zero-order chi connectivity index (χ0) is 15.1. The summed E-state index contributed by atoms with van der Waals surface area (Å²) < 4.78 is 0. The van der Waals surface area contributed by atoms with Crippen molar-refractivity contribution in [1.29, 1.82) is 0 Å². The fourth-order valence-corrected chi connectivity index (χ4v) is 3.15. The molecule has 1 aromatic rings. The third-order valence-corrected chi connectivity index (χ3v) is 4.41. The summed E-state index contributed by atoms with van der Waals surface area (Å²) in [5.41, 5.74) is 2.00. The first-order chi connectivity index (χ1) is 10.2. The van der Waals surface area contributed by atoms with Gasteiger partial charge in [-0.2, -0.15) is 0 Å². The first-order valence-electron chi connectivity index (χ1n) is 7.80. The Labute approximate surface area is 126 Å². The van der Waals surface area contributed by atoms with Crippen LogP contribution in [0.1, 0.15) is 36.8 Å². The fourth-order valence-electron chi connectivity index (χ4n) is 3.15. The predicted octanol–water partition coefficient (Wildman–Crippen LogP) is 2.20. The highest BCUT2D eigenvalue weighted by molar-refractivity contribution is 5.70. The molecule has 0 radical (unpaired) electrons. The first-order valence-corrected chi connectivity index (χ1v) is 7.80. The van der Waals surface area contributed by atoms with Gasteiger partial charge in [0.05, 0.1) is 6.42 Å². The van der Waals surface area contributed by atoms with E-state index in [0.29, 0.717) is 18.4 Å². The topological polar surface area (TPSA) is 69.6 Å². The number of nitrogens with one attached hydrogen (secondary N) is 1. The molecular weight excluding hydrogens is 266 g/mol. The number of carboxylic acid groups (broad SMARTS) is 1. The van der Waals surface area contributed by atoms with Crippen LogP contribution in [0.25, 0.3) is 0 Å². The number of aliphatic hydroxyl groups excluding tert-OH is 1. The summed E-state index contributed by atoms with van der Waals surface area (Å²) >= 11 is 0. The molecular formula is C17H25NO3. The lowest BCUT2D eigenvalue weighted by Crippen LogP contribution is -2.32. The molecule has 0 saturated heterocycles. The van der Waals surface area contributed by atoms with Crippen LogP contribution in [-0.2, 0) is 17.8 Å². The average molecular weight is 291 g/mol. The maximum Gasteiger partial charge on any atom is 0.307 e. The van der Waals surface area contributed by atoms with E-state index in [-0.39, 0.29) is 6.42 Å². The van der Waals surface area contributed by atoms with E-state index in [9.17, 15) is 9.90 Å². The molecule has 3 N–H and O–H groups in total. The summed E-state index contributed by atoms with van der Waals surface area (Å²) in [7, 11) is 0. The van der Waals surface area contributed by atoms with Crippen LogP contribution in [0.3, 0.4) is 0 Å². The van der Waals surface area contributed by atoms with Crippen LogP contribution in [0.5, 0.6) is 0 Å². The van der Waals surface area contributed by atoms with Crippen LogP contribution >= 0.6 is 0 Å². The number of carboxylic acids is 1. The van der Waals surface area contributed by atoms with Gasteiger partial charge < -0.3 is 15.5 Å². The highest BCUT2D eigenvalue weighted by atomic mass is 16.4. The monoisotopic (exact) mass is 291 g/mol. The van der Waals surface area contributed by atoms with Gasteiger partial charge in [-0.15, -0.1) is 0 Å². The minimum atomic E-state index is -0.798. The van der Waals surface area contributed by atoms with Gasteiger partial charge in [0.25, 0.3) is 0 Å². The highest BCUT2D eigenvalue weighted by Gasteiger charge is 2.23. The average Bonchev–Trinajstić information content (AvgIpc) is 2.49. The molecule has 2 unspecified atom stereocenters. The lowest BCUT2D eigenvalue weighted by molar-refractivity contribution is -0.136. The number of aliphatic hydroxyl groups is 1. The van der Waals surface area contributed by atoms with Crippen molar-refractivity contribution in [2.45, 2.75) is 38.6 Å². The van der Waals surface area contributed by atoms with Gasteiger partial charge in [0.1, 0.15) is 0 Å². The van der Waals surface area contributed by atoms with Crippen LogP contribution in [0.4, 0.5) is 0 Å². The maximum atomic E-state index is 10.6. The van der Waals surface area contributed by atoms with Crippen molar-refractivity contribution in [3.8, 4) is 0 Å². The summed E-state index contributed by atoms with van der Waals surface area (Å²) in [6.07, 6.45) is 4.94. The van der Waals surface area contributed by atoms with E-state index in [2.05, 4.69) is 5.32 Å². The Bertz CT molecular complexity index is 444. The van der Waals surface area contributed by atoms with E-state index in [1.54, 1.807) is 0 Å². The number of benzene rings is 1. The summed E-state index contributed by atoms with van der Waals surface area (Å²) in [4.78, 5) is 10.6. The Kier molecular flexibility index (Phi) is 6.21. The third-order valence-electron chi connectivity index (χ3n) is 4.41. The van der Waals surface area contributed by atoms with Crippen LogP contribution in [0, 0.1) is 11.8 Å². The van der Waals surface area contributed by atoms with E-state index in [1.807, 2.05) is 24.3 Å². The van der Waals surface area contributed by atoms with Crippen molar-refractivity contribution in [3.05, 3.63) is 35.4 Å². The van der Waals surface area contributed by atoms with E-state index in [4.69, 9.17) is 5.11 Å². The summed E-state index contributed by atoms with van der Waals surface area (Å²) in [6.45, 7) is 2.04. The lowest BCUT2D eigenvalue weighted by atomic mass is 9.79. The van der Waals surface area contributed by atoms with Gasteiger partial charge in [-0.05, 0) is 42.3 Å². The summed E-state index contributed by atoms with van der Waals surface area (Å²) in [5, 5.41) is 21.6. The quantitative estimate of drug-likeness (QED) is 0.720. The first kappa shape index (κ1) is 16.0. The Morgan fingerprint density at radius 3 is 2.33 bits per heavy atom. The van der Waals surface area contributed by atoms with Crippen LogP contribution in [-0.4, -0.2) is 29.3 Å². The minimum absolute atomic E-state index is 0.0773. The normalized spacial score (nSPS) is 22.1. The molecule has 0 amide bonds. The predicted molar refractivity (Wildman–Crippen MR) is 82.0 cm³/mol. The SMILES string of the molecule is O=C(O)Cc1ccc(CNCC2CCCCC2CO)cc1. The molecule has 1 fully saturated rings. The molecule has 1 saturated carbocycles. The van der Waals surface area contributed by atoms with Crippen molar-refractivity contribution in [3.63, 3.8) is 0 Å². The molecule has 4 heteroatoms. The molecule has 4 nitrogen and oxygen atoms in total. The van der Waals surface area contributed by atoms with E-state index >= 15 is 0 Å². The molecule has 1 aliphatic carbocycles. The molecule has 0 aliphatic heterocycles. The fraction of sp³-hybridized carbons (Fsp3) is 0.588. The molecule has 2 atom stereocenters. The van der Waals surface area contributed by atoms with Gasteiger partial charge in [-0.1, -0.05) is 37.1 Å². The Hall–Kier alpha value is -1.39. The van der Waals surface area contributed by atoms with Crippen LogP contribution in [0.15, 0.2) is 24.3 Å². The molecule has 116 valence electrons. The van der Waals surface area contributed by atoms with Gasteiger partial charge in [0.15, 0.2) is 0 Å².